The van der Waals surface area contributed by atoms with Gasteiger partial charge in [0.1, 0.15) is 10.9 Å². The maximum absolute atomic E-state index is 12.7. The van der Waals surface area contributed by atoms with Crippen molar-refractivity contribution >= 4 is 28.3 Å². The highest BCUT2D eigenvalue weighted by molar-refractivity contribution is 7.17. The predicted molar refractivity (Wildman–Crippen MR) is 83.2 cm³/mol. The molecule has 0 unspecified atom stereocenters. The number of hydrogen-bond donors (Lipinski definition) is 1. The fraction of sp³-hybridized carbons (Fsp3) is 0.643. The maximum atomic E-state index is 12.7. The van der Waals surface area contributed by atoms with Gasteiger partial charge in [0.05, 0.1) is 5.69 Å². The van der Waals surface area contributed by atoms with E-state index >= 15 is 0 Å². The molecular formula is C14H22N4O2S. The van der Waals surface area contributed by atoms with E-state index in [0.717, 1.165) is 12.8 Å². The molecule has 116 valence electrons. The molecule has 7 heteroatoms. The Morgan fingerprint density at radius 2 is 2.19 bits per heavy atom. The molecule has 0 saturated carbocycles. The van der Waals surface area contributed by atoms with Gasteiger partial charge in [-0.3, -0.25) is 9.59 Å². The molecule has 1 atom stereocenters. The summed E-state index contributed by atoms with van der Waals surface area (Å²) in [5.41, 5.74) is 6.31. The number of nitrogens with zero attached hydrogens (tertiary/aromatic N) is 3. The van der Waals surface area contributed by atoms with E-state index in [0.29, 0.717) is 35.2 Å². The van der Waals surface area contributed by atoms with Gasteiger partial charge in [0.25, 0.3) is 5.91 Å². The predicted octanol–water partition coefficient (Wildman–Crippen LogP) is 1.51. The van der Waals surface area contributed by atoms with Crippen LogP contribution in [-0.4, -0.2) is 52.8 Å². The molecule has 1 saturated heterocycles. The summed E-state index contributed by atoms with van der Waals surface area (Å²) in [6.45, 7) is 4.99. The second kappa shape index (κ2) is 6.43. The third kappa shape index (κ3) is 3.18. The first-order valence-corrected chi connectivity index (χ1v) is 8.06. The van der Waals surface area contributed by atoms with Gasteiger partial charge in [0.15, 0.2) is 5.13 Å². The van der Waals surface area contributed by atoms with Gasteiger partial charge in [-0.05, 0) is 13.3 Å². The van der Waals surface area contributed by atoms with E-state index in [1.54, 1.807) is 23.8 Å². The van der Waals surface area contributed by atoms with Crippen molar-refractivity contribution in [2.45, 2.75) is 39.2 Å². The van der Waals surface area contributed by atoms with E-state index in [2.05, 4.69) is 11.9 Å². The topological polar surface area (TPSA) is 79.5 Å². The fourth-order valence-electron chi connectivity index (χ4n) is 2.58. The van der Waals surface area contributed by atoms with Gasteiger partial charge >= 0.3 is 0 Å². The van der Waals surface area contributed by atoms with Gasteiger partial charge in [-0.2, -0.15) is 0 Å². The Balaban J connectivity index is 2.24. The number of carbonyl (C=O) groups is 2. The van der Waals surface area contributed by atoms with Crippen LogP contribution in [0.4, 0.5) is 5.13 Å². The highest BCUT2D eigenvalue weighted by Gasteiger charge is 2.36. The number of anilines is 1. The first kappa shape index (κ1) is 15.8. The van der Waals surface area contributed by atoms with Crippen LogP contribution in [-0.2, 0) is 4.79 Å². The van der Waals surface area contributed by atoms with Crippen molar-refractivity contribution < 1.29 is 9.59 Å². The Morgan fingerprint density at radius 1 is 1.48 bits per heavy atom. The smallest absolute Gasteiger partial charge is 0.266 e. The van der Waals surface area contributed by atoms with Gasteiger partial charge in [-0.25, -0.2) is 4.98 Å². The van der Waals surface area contributed by atoms with Crippen molar-refractivity contribution in [2.24, 2.45) is 0 Å². The van der Waals surface area contributed by atoms with Crippen molar-refractivity contribution in [2.75, 3.05) is 25.9 Å². The van der Waals surface area contributed by atoms with E-state index in [-0.39, 0.29) is 17.9 Å². The Morgan fingerprint density at radius 3 is 2.76 bits per heavy atom. The standard InChI is InChI=1S/C14H22N4O2S/c1-4-5-6-10-12(19)17(3)7-8-18(10)13(20)11-9(2)16-14(15)21-11/h10H,4-8H2,1-3H3,(H2,15,16)/t10-/m0/s1. The summed E-state index contributed by atoms with van der Waals surface area (Å²) >= 11 is 1.19. The van der Waals surface area contributed by atoms with Crippen LogP contribution < -0.4 is 5.73 Å². The van der Waals surface area contributed by atoms with E-state index < -0.39 is 0 Å². The number of aryl methyl sites for hydroxylation is 1. The van der Waals surface area contributed by atoms with Crippen molar-refractivity contribution in [1.82, 2.24) is 14.8 Å². The number of aromatic nitrogens is 1. The number of unbranched alkanes of at least 4 members (excludes halogenated alkanes) is 1. The number of nitrogens with two attached hydrogens (primary N) is 1. The normalized spacial score (nSPS) is 19.2. The first-order chi connectivity index (χ1) is 9.95. The van der Waals surface area contributed by atoms with Crippen molar-refractivity contribution in [3.63, 3.8) is 0 Å². The number of carbonyl (C=O) groups excluding carboxylic acids is 2. The lowest BCUT2D eigenvalue weighted by atomic mass is 10.0. The number of piperazine rings is 1. The van der Waals surface area contributed by atoms with Crippen LogP contribution >= 0.6 is 11.3 Å². The first-order valence-electron chi connectivity index (χ1n) is 7.24. The largest absolute Gasteiger partial charge is 0.375 e. The number of amides is 2. The van der Waals surface area contributed by atoms with Gasteiger partial charge in [0.2, 0.25) is 5.91 Å². The molecule has 0 bridgehead atoms. The van der Waals surface area contributed by atoms with Crippen molar-refractivity contribution in [3.05, 3.63) is 10.6 Å². The molecule has 1 aromatic rings. The number of rotatable bonds is 4. The SMILES string of the molecule is CCCC[C@H]1C(=O)N(C)CCN1C(=O)c1sc(N)nc1C. The molecule has 0 aliphatic carbocycles. The zero-order chi connectivity index (χ0) is 15.6. The Labute approximate surface area is 128 Å². The minimum Gasteiger partial charge on any atom is -0.375 e. The molecule has 1 aliphatic heterocycles. The summed E-state index contributed by atoms with van der Waals surface area (Å²) in [6, 6.07) is -0.362. The average molecular weight is 310 g/mol. The molecule has 2 heterocycles. The molecule has 1 aliphatic rings. The summed E-state index contributed by atoms with van der Waals surface area (Å²) in [5.74, 6) is -0.0950. The van der Waals surface area contributed by atoms with Gasteiger partial charge in [0, 0.05) is 20.1 Å². The zero-order valence-corrected chi connectivity index (χ0v) is 13.6. The van der Waals surface area contributed by atoms with Crippen LogP contribution in [0.3, 0.4) is 0 Å². The second-order valence-corrected chi connectivity index (χ2v) is 6.41. The molecular weight excluding hydrogens is 288 g/mol. The lowest BCUT2D eigenvalue weighted by Crippen LogP contribution is -2.57. The van der Waals surface area contributed by atoms with E-state index in [1.165, 1.54) is 11.3 Å². The summed E-state index contributed by atoms with van der Waals surface area (Å²) in [7, 11) is 1.79. The Hall–Kier alpha value is -1.63. The molecule has 0 aromatic carbocycles. The minimum atomic E-state index is -0.362. The summed E-state index contributed by atoms with van der Waals surface area (Å²) in [6.07, 6.45) is 2.64. The Bertz CT molecular complexity index is 543. The third-order valence-electron chi connectivity index (χ3n) is 3.81. The zero-order valence-electron chi connectivity index (χ0n) is 12.8. The van der Waals surface area contributed by atoms with Crippen LogP contribution in [0.1, 0.15) is 41.6 Å². The highest BCUT2D eigenvalue weighted by Crippen LogP contribution is 2.25. The number of hydrogen-bond acceptors (Lipinski definition) is 5. The fourth-order valence-corrected chi connectivity index (χ4v) is 3.37. The van der Waals surface area contributed by atoms with Gasteiger partial charge < -0.3 is 15.5 Å². The lowest BCUT2D eigenvalue weighted by molar-refractivity contribution is -0.138. The molecule has 1 aromatic heterocycles. The van der Waals surface area contributed by atoms with Crippen LogP contribution in [0.2, 0.25) is 0 Å². The molecule has 2 amide bonds. The van der Waals surface area contributed by atoms with Crippen LogP contribution in [0.15, 0.2) is 0 Å². The molecule has 2 N–H and O–H groups in total. The third-order valence-corrected chi connectivity index (χ3v) is 4.79. The summed E-state index contributed by atoms with van der Waals surface area (Å²) < 4.78 is 0. The second-order valence-electron chi connectivity index (χ2n) is 5.38. The van der Waals surface area contributed by atoms with Gasteiger partial charge in [-0.15, -0.1) is 0 Å². The van der Waals surface area contributed by atoms with Crippen LogP contribution in [0.25, 0.3) is 0 Å². The molecule has 0 radical (unpaired) electrons. The van der Waals surface area contributed by atoms with E-state index in [1.807, 2.05) is 0 Å². The number of thiazole rings is 1. The monoisotopic (exact) mass is 310 g/mol. The van der Waals surface area contributed by atoms with Crippen molar-refractivity contribution in [1.29, 1.82) is 0 Å². The average Bonchev–Trinajstić information content (AvgIpc) is 2.78. The lowest BCUT2D eigenvalue weighted by Gasteiger charge is -2.39. The summed E-state index contributed by atoms with van der Waals surface area (Å²) in [5, 5.41) is 0.390. The molecule has 6 nitrogen and oxygen atoms in total. The minimum absolute atomic E-state index is 0.0261. The summed E-state index contributed by atoms with van der Waals surface area (Å²) in [4.78, 5) is 33.1. The molecule has 0 spiro atoms. The van der Waals surface area contributed by atoms with Crippen molar-refractivity contribution in [3.8, 4) is 0 Å². The van der Waals surface area contributed by atoms with E-state index in [9.17, 15) is 9.59 Å². The number of likely N-dealkylation sites (N-methyl/N-ethyl adjacent to an activating group) is 1. The number of nitrogen functional groups attached to an aromatic ring is 1. The molecule has 2 rings (SSSR count). The van der Waals surface area contributed by atoms with Crippen LogP contribution in [0.5, 0.6) is 0 Å². The van der Waals surface area contributed by atoms with Crippen LogP contribution in [0, 0.1) is 6.92 Å². The molecule has 21 heavy (non-hydrogen) atoms. The molecule has 1 fully saturated rings. The Kier molecular flexibility index (Phi) is 4.82. The van der Waals surface area contributed by atoms with Gasteiger partial charge in [-0.1, -0.05) is 31.1 Å². The maximum Gasteiger partial charge on any atom is 0.266 e. The highest BCUT2D eigenvalue weighted by atomic mass is 32.1. The quantitative estimate of drug-likeness (QED) is 0.914. The van der Waals surface area contributed by atoms with E-state index in [4.69, 9.17) is 5.73 Å².